The van der Waals surface area contributed by atoms with E-state index in [9.17, 15) is 15.0 Å². The SMILES string of the molecule is CCCCCCCCCCCCCCCCCCCCCCCCC(C(=O)O)C(O)CCCCCCCCCCCC1CC1CCCCCCCCCCCCCCC1CC1CCCCCCCCCCCCCCCCCCCC. The van der Waals surface area contributed by atoms with E-state index < -0.39 is 18.0 Å². The molecule has 0 saturated heterocycles. The molecule has 0 spiro atoms. The van der Waals surface area contributed by atoms with Crippen LogP contribution in [0.3, 0.4) is 0 Å². The zero-order chi connectivity index (χ0) is 57.8. The molecule has 2 aliphatic rings. The Morgan fingerprint density at radius 2 is 0.420 bits per heavy atom. The number of rotatable bonds is 71. The van der Waals surface area contributed by atoms with Crippen LogP contribution in [0, 0.1) is 29.6 Å². The van der Waals surface area contributed by atoms with Crippen LogP contribution in [0.25, 0.3) is 0 Å². The first-order valence-electron chi connectivity index (χ1n) is 39.0. The van der Waals surface area contributed by atoms with Crippen molar-refractivity contribution >= 4 is 5.97 Å². The van der Waals surface area contributed by atoms with Crippen molar-refractivity contribution in [3.63, 3.8) is 0 Å². The molecule has 0 amide bonds. The van der Waals surface area contributed by atoms with E-state index in [0.29, 0.717) is 12.8 Å². The average molecular weight is 1140 g/mol. The molecule has 2 saturated carbocycles. The van der Waals surface area contributed by atoms with E-state index in [2.05, 4.69) is 13.8 Å². The molecule has 0 radical (unpaired) electrons. The summed E-state index contributed by atoms with van der Waals surface area (Å²) >= 11 is 0. The smallest absolute Gasteiger partial charge is 0.309 e. The summed E-state index contributed by atoms with van der Waals surface area (Å²) in [5.74, 6) is 2.99. The van der Waals surface area contributed by atoms with Crippen LogP contribution in [0.4, 0.5) is 0 Å². The molecule has 81 heavy (non-hydrogen) atoms. The molecule has 2 fully saturated rings. The van der Waals surface area contributed by atoms with Crippen molar-refractivity contribution in [1.29, 1.82) is 0 Å². The van der Waals surface area contributed by atoms with E-state index in [0.717, 1.165) is 49.4 Å². The molecular formula is C78H152O3. The molecule has 2 aliphatic carbocycles. The topological polar surface area (TPSA) is 57.5 Å². The van der Waals surface area contributed by atoms with Crippen molar-refractivity contribution in [2.45, 2.75) is 463 Å². The summed E-state index contributed by atoms with van der Waals surface area (Å²) in [7, 11) is 0. The highest BCUT2D eigenvalue weighted by Gasteiger charge is 2.36. The van der Waals surface area contributed by atoms with E-state index in [1.807, 2.05) is 0 Å². The molecule has 0 aliphatic heterocycles. The maximum absolute atomic E-state index is 12.0. The second-order valence-corrected chi connectivity index (χ2v) is 28.6. The van der Waals surface area contributed by atoms with Crippen LogP contribution in [0.5, 0.6) is 0 Å². The molecule has 0 heterocycles. The van der Waals surface area contributed by atoms with Crippen molar-refractivity contribution in [2.24, 2.45) is 29.6 Å². The van der Waals surface area contributed by atoms with E-state index in [1.54, 1.807) is 19.3 Å². The fraction of sp³-hybridized carbons (Fsp3) is 0.987. The minimum Gasteiger partial charge on any atom is -0.481 e. The summed E-state index contributed by atoms with van der Waals surface area (Å²) in [6.07, 6.45) is 96.0. The van der Waals surface area contributed by atoms with Crippen LogP contribution in [-0.4, -0.2) is 22.3 Å². The van der Waals surface area contributed by atoms with Gasteiger partial charge in [-0.25, -0.2) is 0 Å². The first kappa shape index (κ1) is 76.5. The van der Waals surface area contributed by atoms with Crippen LogP contribution in [0.15, 0.2) is 0 Å². The van der Waals surface area contributed by atoms with Gasteiger partial charge in [0.2, 0.25) is 0 Å². The zero-order valence-corrected chi connectivity index (χ0v) is 56.1. The maximum atomic E-state index is 12.0. The number of carbonyl (C=O) groups is 1. The van der Waals surface area contributed by atoms with Crippen molar-refractivity contribution < 1.29 is 15.0 Å². The second-order valence-electron chi connectivity index (χ2n) is 28.6. The standard InChI is InChI=1S/C78H152O3/c1-3-5-7-9-11-13-15-17-19-21-23-24-25-26-28-30-32-38-44-50-56-62-68-76(78(80)81)77(79)69-63-57-51-45-39-43-49-55-61-67-75-71-74(75)66-60-54-48-42-37-34-33-36-41-47-53-59-65-73-70-72(73)64-58-52-46-40-35-31-29-27-22-20-18-16-14-12-10-8-6-4-2/h72-77,79H,3-71H2,1-2H3,(H,80,81). The van der Waals surface area contributed by atoms with Gasteiger partial charge in [0.25, 0.3) is 0 Å². The first-order valence-corrected chi connectivity index (χ1v) is 39.0. The monoisotopic (exact) mass is 1140 g/mol. The molecule has 6 unspecified atom stereocenters. The summed E-state index contributed by atoms with van der Waals surface area (Å²) in [5.41, 5.74) is 0. The van der Waals surface area contributed by atoms with Gasteiger partial charge in [-0.05, 0) is 49.4 Å². The molecule has 3 heteroatoms. The van der Waals surface area contributed by atoms with Crippen LogP contribution in [0.1, 0.15) is 457 Å². The molecule has 3 nitrogen and oxygen atoms in total. The molecule has 2 rings (SSSR count). The highest BCUT2D eigenvalue weighted by molar-refractivity contribution is 5.70. The summed E-state index contributed by atoms with van der Waals surface area (Å²) in [5, 5.41) is 20.6. The molecule has 0 aromatic heterocycles. The Hall–Kier alpha value is -0.570. The average Bonchev–Trinajstić information content (AvgIpc) is 4.43. The highest BCUT2D eigenvalue weighted by Crippen LogP contribution is 2.47. The van der Waals surface area contributed by atoms with Gasteiger partial charge in [0.05, 0.1) is 12.0 Å². The molecule has 2 N–H and O–H groups in total. The number of hydrogen-bond acceptors (Lipinski definition) is 2. The van der Waals surface area contributed by atoms with Gasteiger partial charge in [-0.15, -0.1) is 0 Å². The van der Waals surface area contributed by atoms with Crippen LogP contribution >= 0.6 is 0 Å². The summed E-state index contributed by atoms with van der Waals surface area (Å²) in [4.78, 5) is 12.0. The lowest BCUT2D eigenvalue weighted by Gasteiger charge is -2.19. The third kappa shape index (κ3) is 53.4. The lowest BCUT2D eigenvalue weighted by atomic mass is 9.91. The summed E-state index contributed by atoms with van der Waals surface area (Å²) in [6.45, 7) is 4.61. The van der Waals surface area contributed by atoms with Crippen molar-refractivity contribution in [2.75, 3.05) is 0 Å². The van der Waals surface area contributed by atoms with Gasteiger partial charge in [0, 0.05) is 0 Å². The first-order chi connectivity index (χ1) is 40.1. The lowest BCUT2D eigenvalue weighted by Crippen LogP contribution is -2.28. The largest absolute Gasteiger partial charge is 0.481 e. The third-order valence-electron chi connectivity index (χ3n) is 20.7. The Morgan fingerprint density at radius 1 is 0.259 bits per heavy atom. The van der Waals surface area contributed by atoms with Crippen LogP contribution in [-0.2, 0) is 4.79 Å². The van der Waals surface area contributed by atoms with E-state index in [4.69, 9.17) is 0 Å². The number of unbranched alkanes of at least 4 members (excludes halogenated alkanes) is 57. The lowest BCUT2D eigenvalue weighted by molar-refractivity contribution is -0.146. The quantitative estimate of drug-likeness (QED) is 0.0597. The number of carboxylic acid groups (broad SMARTS) is 1. The number of hydrogen-bond donors (Lipinski definition) is 2. The second kappa shape index (κ2) is 61.1. The Balaban J connectivity index is 1.20. The Labute approximate surface area is 511 Å². The molecule has 482 valence electrons. The molecule has 0 bridgehead atoms. The zero-order valence-electron chi connectivity index (χ0n) is 56.1. The molecular weight excluding hydrogens is 985 g/mol. The van der Waals surface area contributed by atoms with Gasteiger partial charge in [-0.2, -0.15) is 0 Å². The minimum atomic E-state index is -0.795. The molecule has 6 atom stereocenters. The van der Waals surface area contributed by atoms with Crippen molar-refractivity contribution in [3.05, 3.63) is 0 Å². The Kier molecular flexibility index (Phi) is 57.7. The van der Waals surface area contributed by atoms with E-state index in [-0.39, 0.29) is 0 Å². The summed E-state index contributed by atoms with van der Waals surface area (Å²) in [6, 6.07) is 0. The minimum absolute atomic E-state index is 0.580. The van der Waals surface area contributed by atoms with Gasteiger partial charge in [0.1, 0.15) is 0 Å². The summed E-state index contributed by atoms with van der Waals surface area (Å²) < 4.78 is 0. The van der Waals surface area contributed by atoms with E-state index >= 15 is 0 Å². The fourth-order valence-electron chi connectivity index (χ4n) is 14.6. The molecule has 0 aromatic carbocycles. The molecule has 0 aromatic rings. The predicted octanol–water partition coefficient (Wildman–Crippen LogP) is 27.5. The van der Waals surface area contributed by atoms with Gasteiger partial charge in [-0.1, -0.05) is 431 Å². The Morgan fingerprint density at radius 3 is 0.605 bits per heavy atom. The number of aliphatic hydroxyl groups is 1. The Bertz CT molecular complexity index is 1230. The fourth-order valence-corrected chi connectivity index (χ4v) is 14.6. The van der Waals surface area contributed by atoms with Gasteiger partial charge < -0.3 is 10.2 Å². The van der Waals surface area contributed by atoms with Crippen molar-refractivity contribution in [1.82, 2.24) is 0 Å². The van der Waals surface area contributed by atoms with Crippen LogP contribution in [0.2, 0.25) is 0 Å². The number of carboxylic acids is 1. The van der Waals surface area contributed by atoms with Crippen LogP contribution < -0.4 is 0 Å². The number of aliphatic carboxylic acids is 1. The van der Waals surface area contributed by atoms with E-state index in [1.165, 1.54) is 385 Å². The predicted molar refractivity (Wildman–Crippen MR) is 361 cm³/mol. The third-order valence-corrected chi connectivity index (χ3v) is 20.7. The van der Waals surface area contributed by atoms with Gasteiger partial charge in [0.15, 0.2) is 0 Å². The van der Waals surface area contributed by atoms with Gasteiger partial charge >= 0.3 is 5.97 Å². The number of aliphatic hydroxyl groups excluding tert-OH is 1. The highest BCUT2D eigenvalue weighted by atomic mass is 16.4. The van der Waals surface area contributed by atoms with Gasteiger partial charge in [-0.3, -0.25) is 4.79 Å². The van der Waals surface area contributed by atoms with Crippen molar-refractivity contribution in [3.8, 4) is 0 Å². The maximum Gasteiger partial charge on any atom is 0.309 e. The normalized spacial score (nSPS) is 17.6.